The number of carbonyl (C=O) groups excluding carboxylic acids is 1. The van der Waals surface area contributed by atoms with Gasteiger partial charge in [0.05, 0.1) is 12.8 Å². The van der Waals surface area contributed by atoms with E-state index in [2.05, 4.69) is 57.9 Å². The van der Waals surface area contributed by atoms with E-state index in [4.69, 9.17) is 4.74 Å². The Morgan fingerprint density at radius 3 is 2.07 bits per heavy atom. The van der Waals surface area contributed by atoms with E-state index in [9.17, 15) is 14.7 Å². The predicted molar refractivity (Wildman–Crippen MR) is 221 cm³/mol. The number of piperazine rings is 1. The van der Waals surface area contributed by atoms with E-state index in [1.54, 1.807) is 0 Å². The van der Waals surface area contributed by atoms with Crippen LogP contribution in [0.5, 0.6) is 0 Å². The van der Waals surface area contributed by atoms with Gasteiger partial charge < -0.3 is 19.6 Å². The predicted octanol–water partition coefficient (Wildman–Crippen LogP) is 10.9. The standard InChI is InChI=1S/C46H76N2O4.C2H6/c1-31(2)33-14-19-46(22-23-47-24-26-48(27-25-47)30-32-10-11-32)21-20-44(8)34(40(33)46)12-13-36-43(7)17-16-37(42(5,6)35(43)15-18-45(36,44)9)52-39(51)29-41(3,4)28-38(49)50;1-2/h32-37,40H,1,10-30H2,2-9H3,(H,49,50);1-2H3/t33-,34+,35?,36?,37?,40?,43-,44+,45+,46+;/m0./s1. The van der Waals surface area contributed by atoms with Gasteiger partial charge >= 0.3 is 11.9 Å². The van der Waals surface area contributed by atoms with Crippen molar-refractivity contribution >= 4 is 11.9 Å². The van der Waals surface area contributed by atoms with E-state index >= 15 is 0 Å². The van der Waals surface area contributed by atoms with Gasteiger partial charge in [0.25, 0.3) is 0 Å². The molecule has 7 rings (SSSR count). The average Bonchev–Trinajstić information content (AvgIpc) is 3.82. The van der Waals surface area contributed by atoms with E-state index < -0.39 is 11.4 Å². The Kier molecular flexibility index (Phi) is 12.0. The molecule has 308 valence electrons. The summed E-state index contributed by atoms with van der Waals surface area (Å²) in [6, 6.07) is 0. The molecule has 7 fully saturated rings. The minimum atomic E-state index is -0.861. The van der Waals surface area contributed by atoms with E-state index in [0.29, 0.717) is 34.0 Å². The van der Waals surface area contributed by atoms with Crippen LogP contribution in [0.1, 0.15) is 166 Å². The van der Waals surface area contributed by atoms with Crippen LogP contribution in [0, 0.1) is 68.0 Å². The second-order valence-corrected chi connectivity index (χ2v) is 22.1. The van der Waals surface area contributed by atoms with Gasteiger partial charge in [0.15, 0.2) is 0 Å². The molecule has 1 N–H and O–H groups in total. The van der Waals surface area contributed by atoms with Crippen molar-refractivity contribution < 1.29 is 19.4 Å². The highest BCUT2D eigenvalue weighted by Gasteiger charge is 2.71. The van der Waals surface area contributed by atoms with Crippen LogP contribution < -0.4 is 0 Å². The summed E-state index contributed by atoms with van der Waals surface area (Å²) < 4.78 is 6.32. The molecule has 54 heavy (non-hydrogen) atoms. The third-order valence-electron chi connectivity index (χ3n) is 18.3. The van der Waals surface area contributed by atoms with Gasteiger partial charge in [-0.25, -0.2) is 0 Å². The van der Waals surface area contributed by atoms with Gasteiger partial charge in [-0.05, 0) is 160 Å². The lowest BCUT2D eigenvalue weighted by molar-refractivity contribution is -0.250. The quantitative estimate of drug-likeness (QED) is 0.167. The first kappa shape index (κ1) is 42.2. The number of carboxylic acid groups (broad SMARTS) is 1. The van der Waals surface area contributed by atoms with E-state index in [-0.39, 0.29) is 35.7 Å². The van der Waals surface area contributed by atoms with Gasteiger partial charge in [0.2, 0.25) is 0 Å². The summed E-state index contributed by atoms with van der Waals surface area (Å²) in [6.45, 7) is 35.4. The summed E-state index contributed by atoms with van der Waals surface area (Å²) in [5, 5.41) is 9.37. The first-order valence-corrected chi connectivity index (χ1v) is 22.9. The number of carbonyl (C=O) groups is 2. The average molecular weight is 751 g/mol. The van der Waals surface area contributed by atoms with Gasteiger partial charge in [0, 0.05) is 38.1 Å². The number of rotatable bonds is 11. The van der Waals surface area contributed by atoms with Crippen LogP contribution in [0.2, 0.25) is 0 Å². The molecule has 0 radical (unpaired) electrons. The molecule has 0 aromatic heterocycles. The maximum absolute atomic E-state index is 13.3. The highest BCUT2D eigenvalue weighted by molar-refractivity contribution is 5.73. The highest BCUT2D eigenvalue weighted by Crippen LogP contribution is 2.78. The number of nitrogens with zero attached hydrogens (tertiary/aromatic N) is 2. The van der Waals surface area contributed by atoms with E-state index in [0.717, 1.165) is 30.6 Å². The largest absolute Gasteiger partial charge is 0.481 e. The Morgan fingerprint density at radius 1 is 0.778 bits per heavy atom. The van der Waals surface area contributed by atoms with Gasteiger partial charge in [-0.3, -0.25) is 9.59 Å². The van der Waals surface area contributed by atoms with Crippen molar-refractivity contribution in [3.05, 3.63) is 12.2 Å². The molecule has 6 nitrogen and oxygen atoms in total. The summed E-state index contributed by atoms with van der Waals surface area (Å²) in [7, 11) is 0. The number of hydrogen-bond acceptors (Lipinski definition) is 5. The Morgan fingerprint density at radius 2 is 1.44 bits per heavy atom. The maximum Gasteiger partial charge on any atom is 0.306 e. The van der Waals surface area contributed by atoms with Crippen molar-refractivity contribution in [2.24, 2.45) is 68.0 Å². The summed E-state index contributed by atoms with van der Waals surface area (Å²) in [4.78, 5) is 30.2. The van der Waals surface area contributed by atoms with Crippen molar-refractivity contribution in [2.75, 3.05) is 39.3 Å². The fourth-order valence-corrected chi connectivity index (χ4v) is 15.2. The topological polar surface area (TPSA) is 70.1 Å². The summed E-state index contributed by atoms with van der Waals surface area (Å²) in [5.41, 5.74) is 2.10. The molecule has 1 saturated heterocycles. The zero-order valence-electron chi connectivity index (χ0n) is 36.7. The number of esters is 1. The molecule has 7 aliphatic rings. The molecular weight excluding hydrogens is 669 g/mol. The van der Waals surface area contributed by atoms with Crippen LogP contribution >= 0.6 is 0 Å². The Bertz CT molecular complexity index is 1380. The zero-order chi connectivity index (χ0) is 39.5. The smallest absolute Gasteiger partial charge is 0.306 e. The number of hydrogen-bond donors (Lipinski definition) is 1. The van der Waals surface area contributed by atoms with Crippen LogP contribution in [0.25, 0.3) is 0 Å². The second-order valence-electron chi connectivity index (χ2n) is 22.1. The molecule has 6 heteroatoms. The number of carboxylic acids is 1. The summed E-state index contributed by atoms with van der Waals surface area (Å²) in [6.07, 6.45) is 17.1. The maximum atomic E-state index is 13.3. The minimum absolute atomic E-state index is 0.0242. The minimum Gasteiger partial charge on any atom is -0.481 e. The number of fused-ring (bicyclic) bond motifs is 7. The Labute approximate surface area is 331 Å². The lowest BCUT2D eigenvalue weighted by Crippen LogP contribution is -2.66. The van der Waals surface area contributed by atoms with Crippen LogP contribution in [-0.2, 0) is 14.3 Å². The summed E-state index contributed by atoms with van der Waals surface area (Å²) >= 11 is 0. The molecule has 4 unspecified atom stereocenters. The lowest BCUT2D eigenvalue weighted by atomic mass is 9.32. The second kappa shape index (κ2) is 15.4. The van der Waals surface area contributed by atoms with Crippen LogP contribution in [0.15, 0.2) is 12.2 Å². The van der Waals surface area contributed by atoms with Crippen LogP contribution in [0.3, 0.4) is 0 Å². The van der Waals surface area contributed by atoms with Gasteiger partial charge in [-0.2, -0.15) is 0 Å². The first-order chi connectivity index (χ1) is 25.3. The van der Waals surface area contributed by atoms with Crippen molar-refractivity contribution in [1.29, 1.82) is 0 Å². The van der Waals surface area contributed by atoms with Crippen LogP contribution in [-0.4, -0.2) is 72.2 Å². The normalized spacial score (nSPS) is 42.0. The fraction of sp³-hybridized carbons (Fsp3) is 0.917. The lowest BCUT2D eigenvalue weighted by Gasteiger charge is -2.73. The number of ether oxygens (including phenoxy) is 1. The van der Waals surface area contributed by atoms with Gasteiger partial charge in [0.1, 0.15) is 6.10 Å². The van der Waals surface area contributed by atoms with Crippen molar-refractivity contribution in [3.8, 4) is 0 Å². The Hall–Kier alpha value is -1.40. The molecule has 0 aromatic rings. The fourth-order valence-electron chi connectivity index (χ4n) is 15.2. The molecule has 0 amide bonds. The zero-order valence-corrected chi connectivity index (χ0v) is 36.7. The SMILES string of the molecule is C=C(C)[C@@H]1CC[C@]2(CCN3CCN(CC4CC4)CC3)CC[C@]3(C)[C@H](CCC4[C@@]5(C)CCC(OC(=O)CC(C)(C)CC(=O)O)C(C)(C)C5CC[C@]43C)C12.CC. The number of allylic oxidation sites excluding steroid dienone is 1. The third-order valence-corrected chi connectivity index (χ3v) is 18.3. The van der Waals surface area contributed by atoms with Gasteiger partial charge in [-0.15, -0.1) is 0 Å². The number of aliphatic carboxylic acids is 1. The molecule has 0 spiro atoms. The van der Waals surface area contributed by atoms with Gasteiger partial charge in [-0.1, -0.05) is 74.5 Å². The molecule has 0 bridgehead atoms. The van der Waals surface area contributed by atoms with E-state index in [1.807, 2.05) is 27.7 Å². The van der Waals surface area contributed by atoms with Crippen molar-refractivity contribution in [2.45, 2.75) is 172 Å². The molecular formula is C48H82N2O4. The molecule has 1 heterocycles. The third kappa shape index (κ3) is 7.53. The van der Waals surface area contributed by atoms with Crippen molar-refractivity contribution in [1.82, 2.24) is 9.80 Å². The Balaban J connectivity index is 0.00000245. The highest BCUT2D eigenvalue weighted by atomic mass is 16.5. The van der Waals surface area contributed by atoms with E-state index in [1.165, 1.54) is 115 Å². The van der Waals surface area contributed by atoms with Crippen molar-refractivity contribution in [3.63, 3.8) is 0 Å². The monoisotopic (exact) mass is 751 g/mol. The molecule has 10 atom stereocenters. The first-order valence-electron chi connectivity index (χ1n) is 22.9. The molecule has 6 aliphatic carbocycles. The molecule has 6 saturated carbocycles. The molecule has 0 aromatic carbocycles. The molecule has 1 aliphatic heterocycles. The summed E-state index contributed by atoms with van der Waals surface area (Å²) in [5.74, 6) is 3.34. The van der Waals surface area contributed by atoms with Crippen LogP contribution in [0.4, 0.5) is 0 Å².